The minimum atomic E-state index is -0.182. The van der Waals surface area contributed by atoms with Crippen molar-refractivity contribution < 1.29 is 14.3 Å². The highest BCUT2D eigenvalue weighted by molar-refractivity contribution is 5.69. The van der Waals surface area contributed by atoms with Crippen molar-refractivity contribution in [3.05, 3.63) is 64.8 Å². The number of hydrogen-bond acceptors (Lipinski definition) is 3. The fraction of sp³-hybridized carbons (Fsp3) is 0.480. The minimum absolute atomic E-state index is 0.182. The lowest BCUT2D eigenvalue weighted by atomic mass is 10.1. The van der Waals surface area contributed by atoms with E-state index in [1.54, 1.807) is 0 Å². The molecule has 0 amide bonds. The van der Waals surface area contributed by atoms with Crippen LogP contribution in [0.1, 0.15) is 65.4 Å². The Labute approximate surface area is 171 Å². The number of carbonyl (C=O) groups excluding carboxylic acids is 1. The Balaban J connectivity index is 2.30. The van der Waals surface area contributed by atoms with Gasteiger partial charge in [0.15, 0.2) is 0 Å². The molecule has 0 aliphatic rings. The lowest BCUT2D eigenvalue weighted by Gasteiger charge is -2.06. The van der Waals surface area contributed by atoms with E-state index in [1.807, 2.05) is 24.3 Å². The number of aryl methyl sites for hydroxylation is 1. The van der Waals surface area contributed by atoms with Gasteiger partial charge in [0, 0.05) is 6.42 Å². The lowest BCUT2D eigenvalue weighted by molar-refractivity contribution is -0.140. The Kier molecular flexibility index (Phi) is 11.7. The smallest absolute Gasteiger partial charge is 0.305 e. The van der Waals surface area contributed by atoms with E-state index in [1.165, 1.54) is 23.8 Å². The Morgan fingerprint density at radius 3 is 2.07 bits per heavy atom. The first kappa shape index (κ1) is 23.7. The van der Waals surface area contributed by atoms with Gasteiger partial charge in [0.1, 0.15) is 12.4 Å². The van der Waals surface area contributed by atoms with Gasteiger partial charge in [-0.2, -0.15) is 0 Å². The zero-order valence-electron chi connectivity index (χ0n) is 18.2. The normalized spacial score (nSPS) is 11.9. The summed E-state index contributed by atoms with van der Waals surface area (Å²) >= 11 is 0. The van der Waals surface area contributed by atoms with Crippen molar-refractivity contribution in [3.8, 4) is 5.75 Å². The highest BCUT2D eigenvalue weighted by atomic mass is 16.5. The summed E-state index contributed by atoms with van der Waals surface area (Å²) in [5.74, 6) is 0.666. The van der Waals surface area contributed by atoms with Crippen LogP contribution < -0.4 is 4.74 Å². The maximum Gasteiger partial charge on any atom is 0.305 e. The van der Waals surface area contributed by atoms with E-state index in [0.717, 1.165) is 37.0 Å². The number of rotatable bonds is 12. The summed E-state index contributed by atoms with van der Waals surface area (Å²) in [6.45, 7) is 9.25. The maximum atomic E-state index is 11.2. The van der Waals surface area contributed by atoms with Gasteiger partial charge in [-0.05, 0) is 83.6 Å². The largest absolute Gasteiger partial charge is 0.490 e. The number of benzene rings is 1. The van der Waals surface area contributed by atoms with Crippen molar-refractivity contribution in [2.75, 3.05) is 13.7 Å². The highest BCUT2D eigenvalue weighted by Crippen LogP contribution is 2.15. The van der Waals surface area contributed by atoms with Crippen molar-refractivity contribution in [3.63, 3.8) is 0 Å². The van der Waals surface area contributed by atoms with Gasteiger partial charge in [-0.1, -0.05) is 41.0 Å². The average molecular weight is 385 g/mol. The first-order valence-corrected chi connectivity index (χ1v) is 10.1. The standard InChI is InChI=1S/C25H36O3/c1-20(2)8-6-9-21(3)10-7-11-22(4)18-19-28-24-15-12-23(13-16-24)14-17-25(26)27-5/h8,10,12-13,15-16,18H,6-7,9,11,14,17,19H2,1-5H3/b21-10+,22-18+. The predicted molar refractivity (Wildman–Crippen MR) is 118 cm³/mol. The van der Waals surface area contributed by atoms with Crippen molar-refractivity contribution in [1.82, 2.24) is 0 Å². The van der Waals surface area contributed by atoms with Crippen LogP contribution >= 0.6 is 0 Å². The van der Waals surface area contributed by atoms with E-state index in [4.69, 9.17) is 4.74 Å². The number of methoxy groups -OCH3 is 1. The van der Waals surface area contributed by atoms with Gasteiger partial charge >= 0.3 is 5.97 Å². The average Bonchev–Trinajstić information content (AvgIpc) is 2.66. The number of ether oxygens (including phenoxy) is 2. The molecule has 0 radical (unpaired) electrons. The molecule has 0 saturated carbocycles. The fourth-order valence-corrected chi connectivity index (χ4v) is 2.72. The molecule has 0 spiro atoms. The molecule has 3 nitrogen and oxygen atoms in total. The molecule has 0 aromatic heterocycles. The maximum absolute atomic E-state index is 11.2. The van der Waals surface area contributed by atoms with Crippen LogP contribution in [0.4, 0.5) is 0 Å². The molecule has 0 saturated heterocycles. The molecule has 0 fully saturated rings. The summed E-state index contributed by atoms with van der Waals surface area (Å²) in [4.78, 5) is 11.2. The zero-order chi connectivity index (χ0) is 20.8. The van der Waals surface area contributed by atoms with Gasteiger partial charge in [-0.15, -0.1) is 0 Å². The predicted octanol–water partition coefficient (Wildman–Crippen LogP) is 6.59. The highest BCUT2D eigenvalue weighted by Gasteiger charge is 2.01. The molecule has 0 unspecified atom stereocenters. The fourth-order valence-electron chi connectivity index (χ4n) is 2.72. The summed E-state index contributed by atoms with van der Waals surface area (Å²) in [5.41, 5.74) is 5.32. The molecule has 154 valence electrons. The zero-order valence-corrected chi connectivity index (χ0v) is 18.2. The minimum Gasteiger partial charge on any atom is -0.490 e. The van der Waals surface area contributed by atoms with E-state index in [0.29, 0.717) is 19.4 Å². The van der Waals surface area contributed by atoms with Crippen LogP contribution in [-0.4, -0.2) is 19.7 Å². The monoisotopic (exact) mass is 384 g/mol. The summed E-state index contributed by atoms with van der Waals surface area (Å²) in [6, 6.07) is 7.90. The van der Waals surface area contributed by atoms with Crippen molar-refractivity contribution >= 4 is 5.97 Å². The number of esters is 1. The number of hydrogen-bond donors (Lipinski definition) is 0. The van der Waals surface area contributed by atoms with E-state index in [9.17, 15) is 4.79 Å². The number of carbonyl (C=O) groups is 1. The molecule has 0 aliphatic carbocycles. The van der Waals surface area contributed by atoms with E-state index in [-0.39, 0.29) is 5.97 Å². The molecule has 0 heterocycles. The van der Waals surface area contributed by atoms with Crippen molar-refractivity contribution in [2.45, 2.75) is 66.2 Å². The van der Waals surface area contributed by atoms with Crippen LogP contribution in [0.5, 0.6) is 5.75 Å². The Bertz CT molecular complexity index is 674. The van der Waals surface area contributed by atoms with Crippen LogP contribution in [0.3, 0.4) is 0 Å². The summed E-state index contributed by atoms with van der Waals surface area (Å²) in [5, 5.41) is 0. The Morgan fingerprint density at radius 1 is 0.857 bits per heavy atom. The van der Waals surface area contributed by atoms with Gasteiger partial charge in [0.05, 0.1) is 7.11 Å². The van der Waals surface area contributed by atoms with Crippen LogP contribution in [0.15, 0.2) is 59.2 Å². The van der Waals surface area contributed by atoms with Gasteiger partial charge in [-0.25, -0.2) is 0 Å². The van der Waals surface area contributed by atoms with Crippen molar-refractivity contribution in [1.29, 1.82) is 0 Å². The molecule has 0 N–H and O–H groups in total. The molecule has 3 heteroatoms. The third kappa shape index (κ3) is 11.4. The van der Waals surface area contributed by atoms with Gasteiger partial charge in [0.25, 0.3) is 0 Å². The Morgan fingerprint density at radius 2 is 1.46 bits per heavy atom. The second kappa shape index (κ2) is 13.8. The molecule has 1 rings (SSSR count). The van der Waals surface area contributed by atoms with E-state index in [2.05, 4.69) is 50.7 Å². The molecule has 0 bridgehead atoms. The van der Waals surface area contributed by atoms with E-state index >= 15 is 0 Å². The van der Waals surface area contributed by atoms with Gasteiger partial charge in [0.2, 0.25) is 0 Å². The first-order chi connectivity index (χ1) is 13.4. The first-order valence-electron chi connectivity index (χ1n) is 10.1. The SMILES string of the molecule is COC(=O)CCc1ccc(OC/C=C(\C)CC/C=C(\C)CCC=C(C)C)cc1. The molecule has 28 heavy (non-hydrogen) atoms. The molecule has 0 atom stereocenters. The van der Waals surface area contributed by atoms with Crippen LogP contribution in [0.2, 0.25) is 0 Å². The van der Waals surface area contributed by atoms with Crippen molar-refractivity contribution in [2.24, 2.45) is 0 Å². The van der Waals surface area contributed by atoms with Crippen LogP contribution in [0, 0.1) is 0 Å². The molecular weight excluding hydrogens is 348 g/mol. The van der Waals surface area contributed by atoms with Gasteiger partial charge < -0.3 is 9.47 Å². The molecule has 0 aliphatic heterocycles. The topological polar surface area (TPSA) is 35.5 Å². The second-order valence-corrected chi connectivity index (χ2v) is 7.49. The molecule has 1 aromatic rings. The third-order valence-corrected chi connectivity index (χ3v) is 4.57. The number of allylic oxidation sites excluding steroid dienone is 5. The summed E-state index contributed by atoms with van der Waals surface area (Å²) in [6.07, 6.45) is 12.3. The second-order valence-electron chi connectivity index (χ2n) is 7.49. The Hall–Kier alpha value is -2.29. The van der Waals surface area contributed by atoms with Gasteiger partial charge in [-0.3, -0.25) is 4.79 Å². The molecule has 1 aromatic carbocycles. The summed E-state index contributed by atoms with van der Waals surface area (Å²) < 4.78 is 10.5. The van der Waals surface area contributed by atoms with Crippen LogP contribution in [0.25, 0.3) is 0 Å². The third-order valence-electron chi connectivity index (χ3n) is 4.57. The molecular formula is C25H36O3. The lowest BCUT2D eigenvalue weighted by Crippen LogP contribution is -2.02. The van der Waals surface area contributed by atoms with Crippen LogP contribution in [-0.2, 0) is 16.0 Å². The van der Waals surface area contributed by atoms with E-state index < -0.39 is 0 Å². The summed E-state index contributed by atoms with van der Waals surface area (Å²) in [7, 11) is 1.41. The quantitative estimate of drug-likeness (QED) is 0.301.